The van der Waals surface area contributed by atoms with Gasteiger partial charge in [0.25, 0.3) is 0 Å². The number of nitrogens with zero attached hydrogens (tertiary/aromatic N) is 1. The Morgan fingerprint density at radius 2 is 1.65 bits per heavy atom. The monoisotopic (exact) mass is 437 g/mol. The number of rotatable bonds is 7. The van der Waals surface area contributed by atoms with Gasteiger partial charge in [-0.25, -0.2) is 12.8 Å². The molecule has 0 unspecified atom stereocenters. The van der Waals surface area contributed by atoms with Crippen molar-refractivity contribution >= 4 is 15.8 Å². The molecule has 0 aliphatic carbocycles. The van der Waals surface area contributed by atoms with Crippen LogP contribution in [0, 0.1) is 5.82 Å². The van der Waals surface area contributed by atoms with E-state index in [4.69, 9.17) is 0 Å². The van der Waals surface area contributed by atoms with Gasteiger partial charge in [0.15, 0.2) is 5.78 Å². The average Bonchev–Trinajstić information content (AvgIpc) is 3.30. The number of benzene rings is 3. The van der Waals surface area contributed by atoms with Gasteiger partial charge in [0, 0.05) is 13.0 Å². The number of carbonyl (C=O) groups excluding carboxylic acids is 1. The quantitative estimate of drug-likeness (QED) is 0.531. The number of hydrogen-bond acceptors (Lipinski definition) is 3. The Balaban J connectivity index is 1.45. The van der Waals surface area contributed by atoms with Gasteiger partial charge in [-0.1, -0.05) is 54.6 Å². The summed E-state index contributed by atoms with van der Waals surface area (Å²) in [5.41, 5.74) is 3.25. The Morgan fingerprint density at radius 3 is 2.39 bits per heavy atom. The van der Waals surface area contributed by atoms with Crippen molar-refractivity contribution in [2.75, 3.05) is 6.54 Å². The average molecular weight is 438 g/mol. The molecule has 0 amide bonds. The summed E-state index contributed by atoms with van der Waals surface area (Å²) < 4.78 is 40.4. The molecule has 1 aliphatic rings. The number of carbonyl (C=O) groups is 1. The zero-order valence-corrected chi connectivity index (χ0v) is 17.9. The van der Waals surface area contributed by atoms with Gasteiger partial charge in [-0.3, -0.25) is 4.79 Å². The van der Waals surface area contributed by atoms with Gasteiger partial charge in [0.2, 0.25) is 10.0 Å². The second kappa shape index (κ2) is 9.12. The molecule has 3 aromatic rings. The molecule has 0 bridgehead atoms. The van der Waals surface area contributed by atoms with Crippen LogP contribution in [-0.2, 0) is 21.2 Å². The highest BCUT2D eigenvalue weighted by Crippen LogP contribution is 2.28. The highest BCUT2D eigenvalue weighted by molar-refractivity contribution is 7.89. The number of Topliss-reactive ketones (excluding diaryl/α,β-unsaturated/α-hetero) is 1. The molecule has 3 aromatic carbocycles. The molecule has 160 valence electrons. The lowest BCUT2D eigenvalue weighted by Gasteiger charge is -2.23. The van der Waals surface area contributed by atoms with Crippen LogP contribution in [0.2, 0.25) is 0 Å². The maximum atomic E-state index is 13.2. The van der Waals surface area contributed by atoms with E-state index in [1.807, 2.05) is 48.5 Å². The summed E-state index contributed by atoms with van der Waals surface area (Å²) >= 11 is 0. The zero-order chi connectivity index (χ0) is 21.8. The third-order valence-electron chi connectivity index (χ3n) is 5.69. The summed E-state index contributed by atoms with van der Waals surface area (Å²) in [5, 5.41) is 0. The maximum absolute atomic E-state index is 13.2. The normalized spacial score (nSPS) is 17.0. The third kappa shape index (κ3) is 4.75. The van der Waals surface area contributed by atoms with Crippen LogP contribution in [-0.4, -0.2) is 31.1 Å². The molecule has 0 aromatic heterocycles. The van der Waals surface area contributed by atoms with Crippen molar-refractivity contribution < 1.29 is 17.6 Å². The molecular formula is C25H24FNO3S. The van der Waals surface area contributed by atoms with E-state index < -0.39 is 21.9 Å². The second-order valence-corrected chi connectivity index (χ2v) is 9.65. The smallest absolute Gasteiger partial charge is 0.243 e. The molecule has 4 rings (SSSR count). The third-order valence-corrected chi connectivity index (χ3v) is 7.61. The summed E-state index contributed by atoms with van der Waals surface area (Å²) in [7, 11) is -3.83. The van der Waals surface area contributed by atoms with Crippen LogP contribution >= 0.6 is 0 Å². The molecule has 1 atom stereocenters. The van der Waals surface area contributed by atoms with E-state index in [0.29, 0.717) is 25.8 Å². The van der Waals surface area contributed by atoms with Gasteiger partial charge in [0.05, 0.1) is 10.9 Å². The number of ketones is 1. The first-order valence-electron chi connectivity index (χ1n) is 10.4. The fourth-order valence-electron chi connectivity index (χ4n) is 4.06. The first-order chi connectivity index (χ1) is 14.9. The highest BCUT2D eigenvalue weighted by atomic mass is 32.2. The lowest BCUT2D eigenvalue weighted by Crippen LogP contribution is -2.40. The molecular weight excluding hydrogens is 413 g/mol. The van der Waals surface area contributed by atoms with E-state index in [0.717, 1.165) is 28.8 Å². The molecule has 1 fully saturated rings. The first kappa shape index (κ1) is 21.4. The van der Waals surface area contributed by atoms with Crippen LogP contribution in [0.4, 0.5) is 4.39 Å². The van der Waals surface area contributed by atoms with Crippen LogP contribution in [0.1, 0.15) is 24.8 Å². The minimum Gasteiger partial charge on any atom is -0.298 e. The van der Waals surface area contributed by atoms with Crippen molar-refractivity contribution in [3.05, 3.63) is 90.2 Å². The molecule has 0 radical (unpaired) electrons. The molecule has 0 spiro atoms. The van der Waals surface area contributed by atoms with Crippen molar-refractivity contribution in [1.29, 1.82) is 0 Å². The minimum absolute atomic E-state index is 0.0177. The van der Waals surface area contributed by atoms with E-state index in [2.05, 4.69) is 6.07 Å². The SMILES string of the molecule is O=C(CCc1cccc(-c2ccccc2)c1)[C@@H]1CCCN1S(=O)(=O)c1ccc(F)cc1. The summed E-state index contributed by atoms with van der Waals surface area (Å²) in [6.07, 6.45) is 1.99. The fraction of sp³-hybridized carbons (Fsp3) is 0.240. The largest absolute Gasteiger partial charge is 0.298 e. The van der Waals surface area contributed by atoms with Gasteiger partial charge >= 0.3 is 0 Å². The zero-order valence-electron chi connectivity index (χ0n) is 17.1. The molecule has 0 N–H and O–H groups in total. The van der Waals surface area contributed by atoms with Gasteiger partial charge in [0.1, 0.15) is 5.82 Å². The molecule has 1 saturated heterocycles. The van der Waals surface area contributed by atoms with Crippen LogP contribution in [0.3, 0.4) is 0 Å². The Hall–Kier alpha value is -2.83. The van der Waals surface area contributed by atoms with E-state index in [-0.39, 0.29) is 17.1 Å². The van der Waals surface area contributed by atoms with E-state index in [1.54, 1.807) is 0 Å². The van der Waals surface area contributed by atoms with Crippen molar-refractivity contribution in [3.8, 4) is 11.1 Å². The Labute approximate surface area is 182 Å². The summed E-state index contributed by atoms with van der Waals surface area (Å²) in [6, 6.07) is 22.2. The van der Waals surface area contributed by atoms with Crippen LogP contribution in [0.25, 0.3) is 11.1 Å². The molecule has 31 heavy (non-hydrogen) atoms. The molecule has 4 nitrogen and oxygen atoms in total. The number of aryl methyl sites for hydroxylation is 1. The second-order valence-electron chi connectivity index (χ2n) is 7.76. The van der Waals surface area contributed by atoms with E-state index >= 15 is 0 Å². The predicted octanol–water partition coefficient (Wildman–Crippen LogP) is 4.85. The number of halogens is 1. The Morgan fingerprint density at radius 1 is 0.935 bits per heavy atom. The summed E-state index contributed by atoms with van der Waals surface area (Å²) in [6.45, 7) is 0.305. The molecule has 0 saturated carbocycles. The fourth-order valence-corrected chi connectivity index (χ4v) is 5.74. The topological polar surface area (TPSA) is 54.5 Å². The van der Waals surface area contributed by atoms with Crippen molar-refractivity contribution in [2.45, 2.75) is 36.6 Å². The first-order valence-corrected chi connectivity index (χ1v) is 11.8. The van der Waals surface area contributed by atoms with Crippen LogP contribution in [0.5, 0.6) is 0 Å². The van der Waals surface area contributed by atoms with Gasteiger partial charge in [-0.2, -0.15) is 4.31 Å². The van der Waals surface area contributed by atoms with Crippen LogP contribution in [0.15, 0.2) is 83.8 Å². The Kier molecular flexibility index (Phi) is 6.30. The van der Waals surface area contributed by atoms with Crippen LogP contribution < -0.4 is 0 Å². The standard InChI is InChI=1S/C25H24FNO3S/c26-22-12-14-23(15-13-22)31(29,30)27-17-5-10-24(27)25(28)16-11-19-6-4-9-21(18-19)20-7-2-1-3-8-20/h1-4,6-9,12-15,18,24H,5,10-11,16-17H2/t24-/m0/s1. The number of sulfonamides is 1. The summed E-state index contributed by atoms with van der Waals surface area (Å²) in [4.78, 5) is 13.0. The molecule has 1 heterocycles. The van der Waals surface area contributed by atoms with E-state index in [9.17, 15) is 17.6 Å². The maximum Gasteiger partial charge on any atom is 0.243 e. The number of hydrogen-bond donors (Lipinski definition) is 0. The Bertz CT molecular complexity index is 1160. The molecule has 1 aliphatic heterocycles. The predicted molar refractivity (Wildman–Crippen MR) is 119 cm³/mol. The minimum atomic E-state index is -3.83. The highest BCUT2D eigenvalue weighted by Gasteiger charge is 2.38. The van der Waals surface area contributed by atoms with Crippen molar-refractivity contribution in [2.24, 2.45) is 0 Å². The lowest BCUT2D eigenvalue weighted by molar-refractivity contribution is -0.122. The van der Waals surface area contributed by atoms with E-state index in [1.165, 1.54) is 16.4 Å². The summed E-state index contributed by atoms with van der Waals surface area (Å²) in [5.74, 6) is -0.570. The van der Waals surface area contributed by atoms with Crippen molar-refractivity contribution in [3.63, 3.8) is 0 Å². The lowest BCUT2D eigenvalue weighted by atomic mass is 9.98. The molecule has 6 heteroatoms. The van der Waals surface area contributed by atoms with Gasteiger partial charge in [-0.05, 0) is 60.2 Å². The van der Waals surface area contributed by atoms with Gasteiger partial charge in [-0.15, -0.1) is 0 Å². The van der Waals surface area contributed by atoms with Crippen molar-refractivity contribution in [1.82, 2.24) is 4.31 Å². The van der Waals surface area contributed by atoms with Gasteiger partial charge < -0.3 is 0 Å².